The number of aryl methyl sites for hydroxylation is 2. The van der Waals surface area contributed by atoms with Crippen LogP contribution in [0.3, 0.4) is 0 Å². The highest BCUT2D eigenvalue weighted by Gasteiger charge is 2.16. The van der Waals surface area contributed by atoms with E-state index in [2.05, 4.69) is 40.1 Å². The Bertz CT molecular complexity index is 1100. The Balaban J connectivity index is 1.57. The SMILES string of the molecule is CCCn1ccc2cc(NC(=O)c3sc(-c4ccccc4)nc3C)ccc21. The van der Waals surface area contributed by atoms with Crippen molar-refractivity contribution in [2.24, 2.45) is 0 Å². The first-order chi connectivity index (χ1) is 13.2. The van der Waals surface area contributed by atoms with Gasteiger partial charge < -0.3 is 9.88 Å². The van der Waals surface area contributed by atoms with E-state index in [9.17, 15) is 4.79 Å². The summed E-state index contributed by atoms with van der Waals surface area (Å²) in [5.41, 5.74) is 3.78. The van der Waals surface area contributed by atoms with Crippen molar-refractivity contribution in [3.8, 4) is 10.6 Å². The summed E-state index contributed by atoms with van der Waals surface area (Å²) < 4.78 is 2.24. The van der Waals surface area contributed by atoms with Gasteiger partial charge >= 0.3 is 0 Å². The minimum absolute atomic E-state index is 0.112. The molecular formula is C22H21N3OS. The second-order valence-electron chi connectivity index (χ2n) is 6.54. The lowest BCUT2D eigenvalue weighted by Crippen LogP contribution is -2.11. The molecule has 4 aromatic rings. The number of benzene rings is 2. The van der Waals surface area contributed by atoms with E-state index >= 15 is 0 Å². The smallest absolute Gasteiger partial charge is 0.267 e. The quantitative estimate of drug-likeness (QED) is 0.484. The Hall–Kier alpha value is -2.92. The molecule has 27 heavy (non-hydrogen) atoms. The van der Waals surface area contributed by atoms with Gasteiger partial charge in [0.2, 0.25) is 0 Å². The first-order valence-corrected chi connectivity index (χ1v) is 9.90. The summed E-state index contributed by atoms with van der Waals surface area (Å²) in [5.74, 6) is -0.112. The average molecular weight is 375 g/mol. The number of nitrogens with one attached hydrogen (secondary N) is 1. The monoisotopic (exact) mass is 375 g/mol. The molecule has 2 aromatic carbocycles. The maximum atomic E-state index is 12.8. The second kappa shape index (κ2) is 7.37. The first-order valence-electron chi connectivity index (χ1n) is 9.09. The van der Waals surface area contributed by atoms with Gasteiger partial charge in [-0.2, -0.15) is 0 Å². The van der Waals surface area contributed by atoms with Crippen molar-refractivity contribution < 1.29 is 4.79 Å². The van der Waals surface area contributed by atoms with Crippen molar-refractivity contribution >= 4 is 33.8 Å². The van der Waals surface area contributed by atoms with E-state index in [4.69, 9.17) is 0 Å². The van der Waals surface area contributed by atoms with Crippen LogP contribution in [0.5, 0.6) is 0 Å². The Morgan fingerprint density at radius 1 is 1.15 bits per heavy atom. The molecule has 1 N–H and O–H groups in total. The molecule has 0 atom stereocenters. The highest BCUT2D eigenvalue weighted by atomic mass is 32.1. The molecule has 0 aliphatic heterocycles. The molecule has 4 nitrogen and oxygen atoms in total. The molecule has 0 bridgehead atoms. The van der Waals surface area contributed by atoms with E-state index in [0.29, 0.717) is 4.88 Å². The molecule has 5 heteroatoms. The summed E-state index contributed by atoms with van der Waals surface area (Å²) in [7, 11) is 0. The van der Waals surface area contributed by atoms with Gasteiger partial charge in [-0.15, -0.1) is 11.3 Å². The van der Waals surface area contributed by atoms with Gasteiger partial charge in [0, 0.05) is 34.9 Å². The van der Waals surface area contributed by atoms with Crippen molar-refractivity contribution in [2.45, 2.75) is 26.8 Å². The van der Waals surface area contributed by atoms with E-state index in [-0.39, 0.29) is 5.91 Å². The maximum Gasteiger partial charge on any atom is 0.267 e. The largest absolute Gasteiger partial charge is 0.347 e. The number of aromatic nitrogens is 2. The number of hydrogen-bond acceptors (Lipinski definition) is 3. The number of hydrogen-bond donors (Lipinski definition) is 1. The van der Waals surface area contributed by atoms with Gasteiger partial charge in [0.1, 0.15) is 9.88 Å². The lowest BCUT2D eigenvalue weighted by atomic mass is 10.2. The van der Waals surface area contributed by atoms with Crippen LogP contribution in [0.2, 0.25) is 0 Å². The molecule has 1 amide bonds. The maximum absolute atomic E-state index is 12.8. The molecule has 4 rings (SSSR count). The topological polar surface area (TPSA) is 46.9 Å². The predicted molar refractivity (Wildman–Crippen MR) is 112 cm³/mol. The van der Waals surface area contributed by atoms with Gasteiger partial charge in [-0.3, -0.25) is 4.79 Å². The summed E-state index contributed by atoms with van der Waals surface area (Å²) in [6.45, 7) is 5.05. The molecule has 0 saturated heterocycles. The average Bonchev–Trinajstić information content (AvgIpc) is 3.26. The van der Waals surface area contributed by atoms with Crippen LogP contribution in [0.15, 0.2) is 60.8 Å². The van der Waals surface area contributed by atoms with Crippen molar-refractivity contribution in [1.29, 1.82) is 0 Å². The van der Waals surface area contributed by atoms with Gasteiger partial charge in [0.25, 0.3) is 5.91 Å². The highest BCUT2D eigenvalue weighted by molar-refractivity contribution is 7.17. The number of amides is 1. The molecule has 2 heterocycles. The van der Waals surface area contributed by atoms with Gasteiger partial charge in [0.05, 0.1) is 5.69 Å². The van der Waals surface area contributed by atoms with E-state index in [1.54, 1.807) is 0 Å². The molecular weight excluding hydrogens is 354 g/mol. The molecule has 0 fully saturated rings. The third-order valence-electron chi connectivity index (χ3n) is 4.52. The van der Waals surface area contributed by atoms with Crippen molar-refractivity contribution in [1.82, 2.24) is 9.55 Å². The van der Waals surface area contributed by atoms with Crippen LogP contribution >= 0.6 is 11.3 Å². The van der Waals surface area contributed by atoms with Crippen LogP contribution in [-0.2, 0) is 6.54 Å². The summed E-state index contributed by atoms with van der Waals surface area (Å²) in [4.78, 5) is 18.0. The zero-order chi connectivity index (χ0) is 18.8. The molecule has 0 spiro atoms. The van der Waals surface area contributed by atoms with Gasteiger partial charge in [-0.05, 0) is 37.6 Å². The summed E-state index contributed by atoms with van der Waals surface area (Å²) in [6.07, 6.45) is 3.19. The van der Waals surface area contributed by atoms with Crippen LogP contribution in [0, 0.1) is 6.92 Å². The fraction of sp³-hybridized carbons (Fsp3) is 0.182. The van der Waals surface area contributed by atoms with Crippen LogP contribution in [0.1, 0.15) is 28.7 Å². The Morgan fingerprint density at radius 3 is 2.74 bits per heavy atom. The zero-order valence-electron chi connectivity index (χ0n) is 15.4. The fourth-order valence-corrected chi connectivity index (χ4v) is 4.18. The molecule has 0 aliphatic carbocycles. The molecule has 0 aliphatic rings. The molecule has 2 aromatic heterocycles. The minimum Gasteiger partial charge on any atom is -0.347 e. The van der Waals surface area contributed by atoms with Gasteiger partial charge in [-0.25, -0.2) is 4.98 Å². The van der Waals surface area contributed by atoms with Crippen molar-refractivity contribution in [3.05, 3.63) is 71.4 Å². The third-order valence-corrected chi connectivity index (χ3v) is 5.72. The van der Waals surface area contributed by atoms with Crippen LogP contribution in [0.4, 0.5) is 5.69 Å². The minimum atomic E-state index is -0.112. The van der Waals surface area contributed by atoms with Crippen LogP contribution < -0.4 is 5.32 Å². The summed E-state index contributed by atoms with van der Waals surface area (Å²) in [5, 5.41) is 5.02. The summed E-state index contributed by atoms with van der Waals surface area (Å²) >= 11 is 1.43. The van der Waals surface area contributed by atoms with Crippen molar-refractivity contribution in [2.75, 3.05) is 5.32 Å². The van der Waals surface area contributed by atoms with E-state index < -0.39 is 0 Å². The van der Waals surface area contributed by atoms with E-state index in [0.717, 1.165) is 40.3 Å². The number of rotatable bonds is 5. The lowest BCUT2D eigenvalue weighted by Gasteiger charge is -2.06. The normalized spacial score (nSPS) is 11.0. The number of nitrogens with zero attached hydrogens (tertiary/aromatic N) is 2. The van der Waals surface area contributed by atoms with E-state index in [1.807, 2.05) is 49.4 Å². The Morgan fingerprint density at radius 2 is 1.96 bits per heavy atom. The molecule has 0 radical (unpaired) electrons. The van der Waals surface area contributed by atoms with E-state index in [1.165, 1.54) is 16.9 Å². The van der Waals surface area contributed by atoms with Crippen molar-refractivity contribution in [3.63, 3.8) is 0 Å². The van der Waals surface area contributed by atoms with Gasteiger partial charge in [0.15, 0.2) is 0 Å². The molecule has 0 saturated carbocycles. The number of carbonyl (C=O) groups excluding carboxylic acids is 1. The zero-order valence-corrected chi connectivity index (χ0v) is 16.2. The molecule has 136 valence electrons. The van der Waals surface area contributed by atoms with Gasteiger partial charge in [-0.1, -0.05) is 37.3 Å². The number of anilines is 1. The third kappa shape index (κ3) is 3.51. The standard InChI is InChI=1S/C22H21N3OS/c1-3-12-25-13-11-17-14-18(9-10-19(17)25)24-21(26)20-15(2)23-22(27-20)16-7-5-4-6-8-16/h4-11,13-14H,3,12H2,1-2H3,(H,24,26). The van der Waals surface area contributed by atoms with Crippen LogP contribution in [0.25, 0.3) is 21.5 Å². The predicted octanol–water partition coefficient (Wildman–Crippen LogP) is 5.74. The Labute approximate surface area is 162 Å². The fourth-order valence-electron chi connectivity index (χ4n) is 3.21. The number of thiazole rings is 1. The first kappa shape index (κ1) is 17.5. The number of carbonyl (C=O) groups is 1. The molecule has 0 unspecified atom stereocenters. The lowest BCUT2D eigenvalue weighted by molar-refractivity contribution is 0.103. The van der Waals surface area contributed by atoms with Crippen LogP contribution in [-0.4, -0.2) is 15.5 Å². The Kier molecular flexibility index (Phi) is 4.77. The second-order valence-corrected chi connectivity index (χ2v) is 7.54. The summed E-state index contributed by atoms with van der Waals surface area (Å²) in [6, 6.07) is 18.1. The highest BCUT2D eigenvalue weighted by Crippen LogP contribution is 2.29. The number of fused-ring (bicyclic) bond motifs is 1.